The molecule has 2 rings (SSSR count). The summed E-state index contributed by atoms with van der Waals surface area (Å²) in [5.41, 5.74) is 0.476. The zero-order chi connectivity index (χ0) is 15.2. The molecule has 0 radical (unpaired) electrons. The number of carbonyl (C=O) groups excluding carboxylic acids is 1. The van der Waals surface area contributed by atoms with Gasteiger partial charge in [0.15, 0.2) is 0 Å². The van der Waals surface area contributed by atoms with Gasteiger partial charge in [0, 0.05) is 25.3 Å². The second kappa shape index (κ2) is 7.21. The molecule has 0 aromatic heterocycles. The maximum Gasteiger partial charge on any atom is 0.254 e. The van der Waals surface area contributed by atoms with Gasteiger partial charge in [0.1, 0.15) is 12.4 Å². The number of amides is 1. The summed E-state index contributed by atoms with van der Waals surface area (Å²) in [6, 6.07) is 4.21. The van der Waals surface area contributed by atoms with E-state index in [-0.39, 0.29) is 24.2 Å². The highest BCUT2D eigenvalue weighted by atomic mass is 19.1. The molecule has 1 fully saturated rings. The Kier molecular flexibility index (Phi) is 5.32. The average Bonchev–Trinajstić information content (AvgIpc) is 2.70. The second-order valence-electron chi connectivity index (χ2n) is 4.94. The number of rotatable bonds is 1. The van der Waals surface area contributed by atoms with Gasteiger partial charge in [0.25, 0.3) is 5.91 Å². The van der Waals surface area contributed by atoms with Crippen LogP contribution in [0.15, 0.2) is 18.2 Å². The van der Waals surface area contributed by atoms with Crippen LogP contribution in [0, 0.1) is 17.7 Å². The number of carbonyl (C=O) groups is 1. The van der Waals surface area contributed by atoms with E-state index in [1.807, 2.05) is 6.92 Å². The molecular formula is C16H18FNO3. The Bertz CT molecular complexity index is 577. The van der Waals surface area contributed by atoms with E-state index < -0.39 is 5.82 Å². The predicted octanol–water partition coefficient (Wildman–Crippen LogP) is 1.42. The van der Waals surface area contributed by atoms with Crippen LogP contribution in [0.1, 0.15) is 29.3 Å². The minimum atomic E-state index is -0.555. The van der Waals surface area contributed by atoms with Gasteiger partial charge >= 0.3 is 0 Å². The van der Waals surface area contributed by atoms with Crippen molar-refractivity contribution in [1.82, 2.24) is 4.90 Å². The zero-order valence-electron chi connectivity index (χ0n) is 11.9. The molecule has 0 bridgehead atoms. The van der Waals surface area contributed by atoms with Crippen LogP contribution >= 0.6 is 0 Å². The number of ether oxygens (including phenoxy) is 1. The third kappa shape index (κ3) is 4.03. The van der Waals surface area contributed by atoms with Crippen molar-refractivity contribution in [2.45, 2.75) is 19.4 Å². The maximum absolute atomic E-state index is 13.9. The molecule has 1 aromatic rings. The van der Waals surface area contributed by atoms with Gasteiger partial charge in [0.2, 0.25) is 0 Å². The summed E-state index contributed by atoms with van der Waals surface area (Å²) < 4.78 is 19.4. The fraction of sp³-hybridized carbons (Fsp3) is 0.438. The monoisotopic (exact) mass is 291 g/mol. The van der Waals surface area contributed by atoms with E-state index in [1.54, 1.807) is 11.0 Å². The Morgan fingerprint density at radius 1 is 1.57 bits per heavy atom. The molecule has 112 valence electrons. The highest BCUT2D eigenvalue weighted by Crippen LogP contribution is 2.14. The summed E-state index contributed by atoms with van der Waals surface area (Å²) in [4.78, 5) is 14.1. The van der Waals surface area contributed by atoms with Crippen molar-refractivity contribution < 1.29 is 19.0 Å². The normalized spacial score (nSPS) is 18.6. The first-order valence-electron chi connectivity index (χ1n) is 6.92. The van der Waals surface area contributed by atoms with Crippen LogP contribution < -0.4 is 0 Å². The minimum absolute atomic E-state index is 0.0176. The fourth-order valence-electron chi connectivity index (χ4n) is 2.25. The van der Waals surface area contributed by atoms with Crippen LogP contribution in [0.4, 0.5) is 4.39 Å². The van der Waals surface area contributed by atoms with Crippen LogP contribution in [0.2, 0.25) is 0 Å². The standard InChI is InChI=1S/C16H18FNO3/c1-12-11-18(7-3-9-21-12)16(20)14-6-5-13(4-2-8-19)15(17)10-14/h5-6,10,12,19H,3,7-9,11H2,1H3. The number of aliphatic hydroxyl groups excluding tert-OH is 1. The molecule has 0 aliphatic carbocycles. The smallest absolute Gasteiger partial charge is 0.254 e. The van der Waals surface area contributed by atoms with E-state index in [9.17, 15) is 9.18 Å². The van der Waals surface area contributed by atoms with Gasteiger partial charge < -0.3 is 14.7 Å². The molecule has 1 unspecified atom stereocenters. The summed E-state index contributed by atoms with van der Waals surface area (Å²) in [6.07, 6.45) is 0.759. The molecule has 0 spiro atoms. The number of aliphatic hydroxyl groups is 1. The molecule has 1 aliphatic rings. The van der Waals surface area contributed by atoms with E-state index in [0.717, 1.165) is 6.42 Å². The summed E-state index contributed by atoms with van der Waals surface area (Å²) >= 11 is 0. The quantitative estimate of drug-likeness (QED) is 0.796. The fourth-order valence-corrected chi connectivity index (χ4v) is 2.25. The van der Waals surface area contributed by atoms with E-state index in [1.165, 1.54) is 12.1 Å². The number of benzene rings is 1. The first-order chi connectivity index (χ1) is 10.1. The lowest BCUT2D eigenvalue weighted by Gasteiger charge is -2.22. The highest BCUT2D eigenvalue weighted by molar-refractivity contribution is 5.94. The van der Waals surface area contributed by atoms with Crippen molar-refractivity contribution in [1.29, 1.82) is 0 Å². The molecule has 1 N–H and O–H groups in total. The molecule has 1 amide bonds. The Morgan fingerprint density at radius 2 is 2.38 bits per heavy atom. The Balaban J connectivity index is 2.17. The lowest BCUT2D eigenvalue weighted by molar-refractivity contribution is 0.0562. The summed E-state index contributed by atoms with van der Waals surface area (Å²) in [7, 11) is 0. The van der Waals surface area contributed by atoms with Gasteiger partial charge in [-0.1, -0.05) is 11.8 Å². The Morgan fingerprint density at radius 3 is 3.10 bits per heavy atom. The number of hydrogen-bond donors (Lipinski definition) is 1. The van der Waals surface area contributed by atoms with Gasteiger partial charge in [-0.2, -0.15) is 0 Å². The van der Waals surface area contributed by atoms with Crippen LogP contribution in [-0.4, -0.2) is 48.3 Å². The molecule has 1 heterocycles. The first-order valence-corrected chi connectivity index (χ1v) is 6.92. The maximum atomic E-state index is 13.9. The third-order valence-corrected chi connectivity index (χ3v) is 3.26. The highest BCUT2D eigenvalue weighted by Gasteiger charge is 2.21. The largest absolute Gasteiger partial charge is 0.384 e. The van der Waals surface area contributed by atoms with Gasteiger partial charge in [0.05, 0.1) is 11.7 Å². The topological polar surface area (TPSA) is 49.8 Å². The first kappa shape index (κ1) is 15.5. The summed E-state index contributed by atoms with van der Waals surface area (Å²) in [5, 5.41) is 8.61. The van der Waals surface area contributed by atoms with E-state index in [0.29, 0.717) is 25.3 Å². The molecular weight excluding hydrogens is 273 g/mol. The van der Waals surface area contributed by atoms with E-state index in [2.05, 4.69) is 11.8 Å². The average molecular weight is 291 g/mol. The van der Waals surface area contributed by atoms with Crippen molar-refractivity contribution in [2.75, 3.05) is 26.3 Å². The lowest BCUT2D eigenvalue weighted by Crippen LogP contribution is -2.36. The summed E-state index contributed by atoms with van der Waals surface area (Å²) in [6.45, 7) is 3.34. The Hall–Kier alpha value is -1.90. The van der Waals surface area contributed by atoms with Crippen molar-refractivity contribution in [3.05, 3.63) is 35.1 Å². The number of nitrogens with zero attached hydrogens (tertiary/aromatic N) is 1. The lowest BCUT2D eigenvalue weighted by atomic mass is 10.1. The third-order valence-electron chi connectivity index (χ3n) is 3.26. The number of hydrogen-bond acceptors (Lipinski definition) is 3. The predicted molar refractivity (Wildman–Crippen MR) is 76.3 cm³/mol. The van der Waals surface area contributed by atoms with Gasteiger partial charge in [-0.15, -0.1) is 0 Å². The molecule has 0 saturated carbocycles. The second-order valence-corrected chi connectivity index (χ2v) is 4.94. The van der Waals surface area contributed by atoms with Gasteiger partial charge in [-0.25, -0.2) is 4.39 Å². The SMILES string of the molecule is CC1CN(C(=O)c2ccc(C#CCO)c(F)c2)CCCO1. The van der Waals surface area contributed by atoms with E-state index >= 15 is 0 Å². The minimum Gasteiger partial charge on any atom is -0.384 e. The molecule has 1 saturated heterocycles. The zero-order valence-corrected chi connectivity index (χ0v) is 11.9. The Labute approximate surface area is 123 Å². The van der Waals surface area contributed by atoms with Crippen molar-refractivity contribution in [3.63, 3.8) is 0 Å². The molecule has 1 aliphatic heterocycles. The van der Waals surface area contributed by atoms with Crippen LogP contribution in [-0.2, 0) is 4.74 Å². The van der Waals surface area contributed by atoms with Crippen molar-refractivity contribution in [2.24, 2.45) is 0 Å². The van der Waals surface area contributed by atoms with Crippen molar-refractivity contribution in [3.8, 4) is 11.8 Å². The van der Waals surface area contributed by atoms with E-state index in [4.69, 9.17) is 9.84 Å². The van der Waals surface area contributed by atoms with Crippen LogP contribution in [0.3, 0.4) is 0 Å². The molecule has 5 heteroatoms. The van der Waals surface area contributed by atoms with Crippen LogP contribution in [0.25, 0.3) is 0 Å². The van der Waals surface area contributed by atoms with Crippen LogP contribution in [0.5, 0.6) is 0 Å². The van der Waals surface area contributed by atoms with Crippen molar-refractivity contribution >= 4 is 5.91 Å². The number of halogens is 1. The molecule has 1 aromatic carbocycles. The molecule has 21 heavy (non-hydrogen) atoms. The summed E-state index contributed by atoms with van der Waals surface area (Å²) in [5.74, 6) is 4.13. The van der Waals surface area contributed by atoms with Gasteiger partial charge in [-0.05, 0) is 31.5 Å². The molecule has 4 nitrogen and oxygen atoms in total. The molecule has 1 atom stereocenters. The van der Waals surface area contributed by atoms with Gasteiger partial charge in [-0.3, -0.25) is 4.79 Å².